The molecule has 0 bridgehead atoms. The number of benzene rings is 2. The molecule has 0 radical (unpaired) electrons. The van der Waals surface area contributed by atoms with E-state index in [1.807, 2.05) is 0 Å². The molecule has 1 unspecified atom stereocenters. The summed E-state index contributed by atoms with van der Waals surface area (Å²) in [5.41, 5.74) is 6.30. The fourth-order valence-corrected chi connectivity index (χ4v) is 5.15. The van der Waals surface area contributed by atoms with E-state index in [1.165, 1.54) is 10.6 Å². The summed E-state index contributed by atoms with van der Waals surface area (Å²) in [7, 11) is -0.442. The van der Waals surface area contributed by atoms with Crippen molar-refractivity contribution >= 4 is 41.1 Å². The molecular formula is C14H15INP. The molecule has 0 fully saturated rings. The molecule has 2 aromatic rings. The Labute approximate surface area is 117 Å². The Kier molecular flexibility index (Phi) is 4.96. The molecule has 0 saturated heterocycles. The molecule has 0 aliphatic rings. The van der Waals surface area contributed by atoms with E-state index >= 15 is 0 Å². The average Bonchev–Trinajstić information content (AvgIpc) is 2.41. The van der Waals surface area contributed by atoms with Crippen molar-refractivity contribution in [1.82, 2.24) is 0 Å². The lowest BCUT2D eigenvalue weighted by Gasteiger charge is -2.23. The van der Waals surface area contributed by atoms with E-state index in [-0.39, 0.29) is 5.78 Å². The van der Waals surface area contributed by atoms with Gasteiger partial charge >= 0.3 is 0 Å². The summed E-state index contributed by atoms with van der Waals surface area (Å²) in [6, 6.07) is 21.2. The van der Waals surface area contributed by atoms with Crippen LogP contribution in [0.3, 0.4) is 0 Å². The SMILES string of the molecule is NC(CI)P(c1ccccc1)c1ccccc1. The van der Waals surface area contributed by atoms with Crippen LogP contribution in [-0.2, 0) is 0 Å². The van der Waals surface area contributed by atoms with Crippen LogP contribution in [0.5, 0.6) is 0 Å². The van der Waals surface area contributed by atoms with E-state index in [1.54, 1.807) is 0 Å². The molecule has 0 amide bonds. The topological polar surface area (TPSA) is 26.0 Å². The van der Waals surface area contributed by atoms with Gasteiger partial charge < -0.3 is 5.73 Å². The molecule has 1 atom stereocenters. The molecule has 0 spiro atoms. The molecule has 0 aromatic heterocycles. The van der Waals surface area contributed by atoms with Crippen molar-refractivity contribution in [2.75, 3.05) is 4.43 Å². The molecule has 3 heteroatoms. The predicted octanol–water partition coefficient (Wildman–Crippen LogP) is 2.84. The summed E-state index contributed by atoms with van der Waals surface area (Å²) in [6.07, 6.45) is 0. The Morgan fingerprint density at radius 2 is 1.29 bits per heavy atom. The van der Waals surface area contributed by atoms with Gasteiger partial charge in [0, 0.05) is 10.2 Å². The number of rotatable bonds is 4. The van der Waals surface area contributed by atoms with Crippen LogP contribution in [-0.4, -0.2) is 10.2 Å². The van der Waals surface area contributed by atoms with Gasteiger partial charge in [-0.15, -0.1) is 0 Å². The van der Waals surface area contributed by atoms with E-state index < -0.39 is 7.92 Å². The van der Waals surface area contributed by atoms with Crippen molar-refractivity contribution in [3.05, 3.63) is 60.7 Å². The van der Waals surface area contributed by atoms with Crippen molar-refractivity contribution in [3.63, 3.8) is 0 Å². The summed E-state index contributed by atoms with van der Waals surface area (Å²) in [5, 5.41) is 2.72. The number of nitrogens with two attached hydrogens (primary N) is 1. The zero-order chi connectivity index (χ0) is 12.1. The summed E-state index contributed by atoms with van der Waals surface area (Å²) < 4.78 is 0.979. The highest BCUT2D eigenvalue weighted by Crippen LogP contribution is 2.37. The van der Waals surface area contributed by atoms with Gasteiger partial charge in [-0.2, -0.15) is 0 Å². The number of halogens is 1. The second-order valence-electron chi connectivity index (χ2n) is 3.76. The van der Waals surface area contributed by atoms with E-state index in [2.05, 4.69) is 83.3 Å². The van der Waals surface area contributed by atoms with Crippen LogP contribution in [0.1, 0.15) is 0 Å². The van der Waals surface area contributed by atoms with Crippen LogP contribution in [0.2, 0.25) is 0 Å². The smallest absolute Gasteiger partial charge is 0.0416 e. The van der Waals surface area contributed by atoms with Gasteiger partial charge in [-0.25, -0.2) is 0 Å². The first kappa shape index (κ1) is 13.0. The highest BCUT2D eigenvalue weighted by atomic mass is 127. The standard InChI is InChI=1S/C14H15INP/c15-11-14(16)17(12-7-3-1-4-8-12)13-9-5-2-6-10-13/h1-10,14H,11,16H2. The first-order valence-electron chi connectivity index (χ1n) is 5.54. The molecular weight excluding hydrogens is 340 g/mol. The van der Waals surface area contributed by atoms with Gasteiger partial charge in [0.15, 0.2) is 0 Å². The molecule has 2 N–H and O–H groups in total. The van der Waals surface area contributed by atoms with Crippen molar-refractivity contribution in [2.24, 2.45) is 5.73 Å². The zero-order valence-electron chi connectivity index (χ0n) is 9.46. The first-order chi connectivity index (χ1) is 8.33. The van der Waals surface area contributed by atoms with Crippen LogP contribution in [0.4, 0.5) is 0 Å². The maximum absolute atomic E-state index is 6.30. The maximum Gasteiger partial charge on any atom is 0.0416 e. The zero-order valence-corrected chi connectivity index (χ0v) is 12.5. The molecule has 2 rings (SSSR count). The van der Waals surface area contributed by atoms with Gasteiger partial charge in [-0.05, 0) is 18.5 Å². The lowest BCUT2D eigenvalue weighted by atomic mass is 10.4. The Morgan fingerprint density at radius 3 is 1.65 bits per heavy atom. The summed E-state index contributed by atoms with van der Waals surface area (Å²) in [5.74, 6) is 0.218. The van der Waals surface area contributed by atoms with Crippen LogP contribution in [0, 0.1) is 0 Å². The van der Waals surface area contributed by atoms with Crippen LogP contribution in [0.25, 0.3) is 0 Å². The first-order valence-corrected chi connectivity index (χ1v) is 8.47. The highest BCUT2D eigenvalue weighted by Gasteiger charge is 2.19. The molecule has 0 aliphatic carbocycles. The molecule has 88 valence electrons. The van der Waals surface area contributed by atoms with Crippen molar-refractivity contribution < 1.29 is 0 Å². The molecule has 0 heterocycles. The van der Waals surface area contributed by atoms with Crippen LogP contribution >= 0.6 is 30.5 Å². The Morgan fingerprint density at radius 1 is 0.882 bits per heavy atom. The van der Waals surface area contributed by atoms with Crippen molar-refractivity contribution in [3.8, 4) is 0 Å². The van der Waals surface area contributed by atoms with E-state index in [9.17, 15) is 0 Å². The summed E-state index contributed by atoms with van der Waals surface area (Å²) in [4.78, 5) is 0. The minimum absolute atomic E-state index is 0.218. The van der Waals surface area contributed by atoms with Gasteiger partial charge in [0.05, 0.1) is 0 Å². The second kappa shape index (κ2) is 6.48. The van der Waals surface area contributed by atoms with Crippen LogP contribution in [0.15, 0.2) is 60.7 Å². The van der Waals surface area contributed by atoms with Crippen LogP contribution < -0.4 is 16.3 Å². The molecule has 1 nitrogen and oxygen atoms in total. The van der Waals surface area contributed by atoms with Crippen molar-refractivity contribution in [2.45, 2.75) is 5.78 Å². The minimum Gasteiger partial charge on any atom is -0.323 e. The fraction of sp³-hybridized carbons (Fsp3) is 0.143. The third-order valence-corrected chi connectivity index (χ3v) is 6.76. The van der Waals surface area contributed by atoms with E-state index in [4.69, 9.17) is 5.73 Å². The van der Waals surface area contributed by atoms with Gasteiger partial charge in [0.2, 0.25) is 0 Å². The second-order valence-corrected chi connectivity index (χ2v) is 7.08. The molecule has 0 aliphatic heterocycles. The van der Waals surface area contributed by atoms with Gasteiger partial charge in [0.25, 0.3) is 0 Å². The highest BCUT2D eigenvalue weighted by molar-refractivity contribution is 14.1. The minimum atomic E-state index is -0.442. The van der Waals surface area contributed by atoms with Gasteiger partial charge in [-0.1, -0.05) is 83.3 Å². The summed E-state index contributed by atoms with van der Waals surface area (Å²) in [6.45, 7) is 0. The van der Waals surface area contributed by atoms with Gasteiger partial charge in [0.1, 0.15) is 0 Å². The molecule has 2 aromatic carbocycles. The lowest BCUT2D eigenvalue weighted by Crippen LogP contribution is -2.29. The van der Waals surface area contributed by atoms with Crippen molar-refractivity contribution in [1.29, 1.82) is 0 Å². The maximum atomic E-state index is 6.30. The lowest BCUT2D eigenvalue weighted by molar-refractivity contribution is 1.07. The predicted molar refractivity (Wildman–Crippen MR) is 85.9 cm³/mol. The number of hydrogen-bond donors (Lipinski definition) is 1. The largest absolute Gasteiger partial charge is 0.323 e. The van der Waals surface area contributed by atoms with Gasteiger partial charge in [-0.3, -0.25) is 0 Å². The van der Waals surface area contributed by atoms with E-state index in [0.29, 0.717) is 0 Å². The monoisotopic (exact) mass is 355 g/mol. The third kappa shape index (κ3) is 3.27. The normalized spacial score (nSPS) is 12.6. The quantitative estimate of drug-likeness (QED) is 0.510. The fourth-order valence-electron chi connectivity index (χ4n) is 1.78. The Balaban J connectivity index is 2.39. The van der Waals surface area contributed by atoms with E-state index in [0.717, 1.165) is 4.43 Å². The molecule has 0 saturated carbocycles. The molecule has 17 heavy (non-hydrogen) atoms. The summed E-state index contributed by atoms with van der Waals surface area (Å²) >= 11 is 2.37. The Hall–Kier alpha value is -0.440. The third-order valence-electron chi connectivity index (χ3n) is 2.56. The number of alkyl halides is 1. The number of hydrogen-bond acceptors (Lipinski definition) is 1. The average molecular weight is 355 g/mol. The Bertz CT molecular complexity index is 407.